The predicted octanol–water partition coefficient (Wildman–Crippen LogP) is 2.62. The molecule has 6 heteroatoms. The number of anilines is 1. The van der Waals surface area contributed by atoms with E-state index in [1.165, 1.54) is 6.21 Å². The Morgan fingerprint density at radius 1 is 1.16 bits per heavy atom. The van der Waals surface area contributed by atoms with Gasteiger partial charge in [-0.05, 0) is 29.1 Å². The third kappa shape index (κ3) is 3.42. The van der Waals surface area contributed by atoms with E-state index in [0.29, 0.717) is 0 Å². The first-order valence-corrected chi connectivity index (χ1v) is 7.92. The Bertz CT molecular complexity index is 657. The number of benzene rings is 1. The third-order valence-electron chi connectivity index (χ3n) is 2.50. The Balaban J connectivity index is 2.19. The quantitative estimate of drug-likeness (QED) is 0.814. The maximum Gasteiger partial charge on any atom is 0.291 e. The topological polar surface area (TPSA) is 49.7 Å². The van der Waals surface area contributed by atoms with E-state index in [-0.39, 0.29) is 4.21 Å². The van der Waals surface area contributed by atoms with Crippen LogP contribution in [0.15, 0.2) is 50.4 Å². The zero-order valence-electron chi connectivity index (χ0n) is 10.6. The van der Waals surface area contributed by atoms with Crippen LogP contribution in [0.2, 0.25) is 0 Å². The van der Waals surface area contributed by atoms with Gasteiger partial charge in [-0.25, -0.2) is 0 Å². The Morgan fingerprint density at radius 3 is 2.37 bits per heavy atom. The van der Waals surface area contributed by atoms with E-state index < -0.39 is 10.0 Å². The van der Waals surface area contributed by atoms with Crippen LogP contribution >= 0.6 is 11.3 Å². The van der Waals surface area contributed by atoms with Crippen molar-refractivity contribution in [3.63, 3.8) is 0 Å². The summed E-state index contributed by atoms with van der Waals surface area (Å²) in [6.07, 6.45) is 1.37. The highest BCUT2D eigenvalue weighted by Gasteiger charge is 2.12. The van der Waals surface area contributed by atoms with Crippen molar-refractivity contribution in [2.45, 2.75) is 4.21 Å². The molecule has 1 heterocycles. The number of hydrogen-bond acceptors (Lipinski definition) is 4. The number of rotatable bonds is 4. The van der Waals surface area contributed by atoms with Gasteiger partial charge in [-0.1, -0.05) is 18.2 Å². The molecule has 0 radical (unpaired) electrons. The van der Waals surface area contributed by atoms with Crippen LogP contribution < -0.4 is 4.90 Å². The molecular formula is C13H14N2O2S2. The van der Waals surface area contributed by atoms with E-state index in [9.17, 15) is 8.42 Å². The molecule has 0 bridgehead atoms. The Labute approximate surface area is 117 Å². The lowest BCUT2D eigenvalue weighted by atomic mass is 10.2. The highest BCUT2D eigenvalue weighted by atomic mass is 32.2. The van der Waals surface area contributed by atoms with Crippen LogP contribution in [0.25, 0.3) is 0 Å². The van der Waals surface area contributed by atoms with Crippen LogP contribution in [0.1, 0.15) is 5.56 Å². The number of nitrogens with zero attached hydrogens (tertiary/aromatic N) is 2. The first-order valence-electron chi connectivity index (χ1n) is 5.60. The minimum atomic E-state index is -3.56. The fourth-order valence-corrected chi connectivity index (χ4v) is 3.30. The second-order valence-corrected chi connectivity index (χ2v) is 6.93. The van der Waals surface area contributed by atoms with Crippen molar-refractivity contribution in [3.8, 4) is 0 Å². The number of hydrogen-bond donors (Lipinski definition) is 0. The summed E-state index contributed by atoms with van der Waals surface area (Å²) in [4.78, 5) is 1.98. The molecule has 4 nitrogen and oxygen atoms in total. The molecule has 0 saturated carbocycles. The molecule has 0 saturated heterocycles. The molecule has 0 amide bonds. The summed E-state index contributed by atoms with van der Waals surface area (Å²) >= 11 is 1.16. The van der Waals surface area contributed by atoms with E-state index in [4.69, 9.17) is 0 Å². The lowest BCUT2D eigenvalue weighted by molar-refractivity contribution is 0.600. The van der Waals surface area contributed by atoms with E-state index >= 15 is 0 Å². The summed E-state index contributed by atoms with van der Waals surface area (Å²) < 4.78 is 27.6. The van der Waals surface area contributed by atoms with Gasteiger partial charge in [-0.2, -0.15) is 12.8 Å². The standard InChI is InChI=1S/C13H14N2O2S2/c1-15(2)12-7-5-11(6-8-12)10-14-19(16,17)13-4-3-9-18-13/h3-10H,1-2H3. The summed E-state index contributed by atoms with van der Waals surface area (Å²) in [5, 5.41) is 1.72. The molecule has 19 heavy (non-hydrogen) atoms. The Hall–Kier alpha value is -1.66. The summed E-state index contributed by atoms with van der Waals surface area (Å²) in [6, 6.07) is 10.7. The Kier molecular flexibility index (Phi) is 4.01. The van der Waals surface area contributed by atoms with Gasteiger partial charge < -0.3 is 4.90 Å². The van der Waals surface area contributed by atoms with Gasteiger partial charge in [0.25, 0.3) is 10.0 Å². The average Bonchev–Trinajstić information content (AvgIpc) is 2.91. The molecule has 0 unspecified atom stereocenters. The predicted molar refractivity (Wildman–Crippen MR) is 79.9 cm³/mol. The van der Waals surface area contributed by atoms with E-state index in [2.05, 4.69) is 4.40 Å². The van der Waals surface area contributed by atoms with Crippen molar-refractivity contribution in [1.29, 1.82) is 0 Å². The SMILES string of the molecule is CN(C)c1ccc(C=NS(=O)(=O)c2cccs2)cc1. The molecule has 0 aliphatic heterocycles. The largest absolute Gasteiger partial charge is 0.378 e. The molecule has 0 aliphatic rings. The average molecular weight is 294 g/mol. The zero-order valence-corrected chi connectivity index (χ0v) is 12.3. The van der Waals surface area contributed by atoms with Crippen LogP contribution in [0.4, 0.5) is 5.69 Å². The van der Waals surface area contributed by atoms with Crippen molar-refractivity contribution >= 4 is 33.3 Å². The van der Waals surface area contributed by atoms with Crippen molar-refractivity contribution in [2.75, 3.05) is 19.0 Å². The van der Waals surface area contributed by atoms with Gasteiger partial charge >= 0.3 is 0 Å². The molecular weight excluding hydrogens is 280 g/mol. The monoisotopic (exact) mass is 294 g/mol. The lowest BCUT2D eigenvalue weighted by Gasteiger charge is -2.11. The van der Waals surface area contributed by atoms with Gasteiger partial charge in [0.1, 0.15) is 4.21 Å². The molecule has 0 aliphatic carbocycles. The van der Waals surface area contributed by atoms with E-state index in [0.717, 1.165) is 22.6 Å². The normalized spacial score (nSPS) is 11.9. The molecule has 0 atom stereocenters. The van der Waals surface area contributed by atoms with E-state index in [1.807, 2.05) is 43.3 Å². The summed E-state index contributed by atoms with van der Waals surface area (Å²) in [7, 11) is 0.333. The molecule has 0 N–H and O–H groups in total. The van der Waals surface area contributed by atoms with Crippen molar-refractivity contribution in [1.82, 2.24) is 0 Å². The fraction of sp³-hybridized carbons (Fsp3) is 0.154. The zero-order chi connectivity index (χ0) is 13.9. The van der Waals surface area contributed by atoms with Crippen LogP contribution in [0, 0.1) is 0 Å². The van der Waals surface area contributed by atoms with Crippen molar-refractivity contribution < 1.29 is 8.42 Å². The van der Waals surface area contributed by atoms with E-state index in [1.54, 1.807) is 17.5 Å². The van der Waals surface area contributed by atoms with Gasteiger partial charge in [0.2, 0.25) is 0 Å². The minimum absolute atomic E-state index is 0.258. The smallest absolute Gasteiger partial charge is 0.291 e. The highest BCUT2D eigenvalue weighted by molar-refractivity contribution is 7.92. The number of thiophene rings is 1. The highest BCUT2D eigenvalue weighted by Crippen LogP contribution is 2.18. The van der Waals surface area contributed by atoms with Crippen molar-refractivity contribution in [2.24, 2.45) is 4.40 Å². The maximum absolute atomic E-state index is 11.8. The second kappa shape index (κ2) is 5.54. The van der Waals surface area contributed by atoms with Gasteiger partial charge in [0.05, 0.1) is 0 Å². The summed E-state index contributed by atoms with van der Waals surface area (Å²) in [6.45, 7) is 0. The lowest BCUT2D eigenvalue weighted by Crippen LogP contribution is -2.08. The van der Waals surface area contributed by atoms with Crippen LogP contribution in [0.3, 0.4) is 0 Å². The molecule has 2 aromatic rings. The number of sulfonamides is 1. The Morgan fingerprint density at radius 2 is 1.84 bits per heavy atom. The van der Waals surface area contributed by atoms with Crippen LogP contribution in [0.5, 0.6) is 0 Å². The second-order valence-electron chi connectivity index (χ2n) is 4.13. The maximum atomic E-state index is 11.8. The molecule has 1 aromatic carbocycles. The van der Waals surface area contributed by atoms with Crippen LogP contribution in [-0.4, -0.2) is 28.7 Å². The molecule has 1 aromatic heterocycles. The molecule has 100 valence electrons. The fourth-order valence-electron chi connectivity index (χ4n) is 1.45. The first-order chi connectivity index (χ1) is 8.99. The molecule has 2 rings (SSSR count). The minimum Gasteiger partial charge on any atom is -0.378 e. The van der Waals surface area contributed by atoms with Gasteiger partial charge in [0, 0.05) is 26.0 Å². The molecule has 0 fully saturated rings. The molecule has 0 spiro atoms. The van der Waals surface area contributed by atoms with Gasteiger partial charge in [-0.15, -0.1) is 11.3 Å². The van der Waals surface area contributed by atoms with Crippen LogP contribution in [-0.2, 0) is 10.0 Å². The van der Waals surface area contributed by atoms with Crippen molar-refractivity contribution in [3.05, 3.63) is 47.3 Å². The summed E-state index contributed by atoms with van der Waals surface area (Å²) in [5.74, 6) is 0. The van der Waals surface area contributed by atoms with Gasteiger partial charge in [-0.3, -0.25) is 0 Å². The third-order valence-corrected chi connectivity index (χ3v) is 5.11. The first kappa shape index (κ1) is 13.8. The van der Waals surface area contributed by atoms with Gasteiger partial charge in [0.15, 0.2) is 0 Å². The summed E-state index contributed by atoms with van der Waals surface area (Å²) in [5.41, 5.74) is 1.81.